The minimum Gasteiger partial charge on any atom is -0.383 e. The van der Waals surface area contributed by atoms with Crippen molar-refractivity contribution in [2.45, 2.75) is 4.90 Å². The Bertz CT molecular complexity index is 546. The normalized spacial score (nSPS) is 12.1. The van der Waals surface area contributed by atoms with E-state index in [1.54, 1.807) is 0 Å². The number of alkyl halides is 1. The number of sulfonamides is 1. The zero-order valence-corrected chi connectivity index (χ0v) is 16.1. The minimum atomic E-state index is -3.77. The Balaban J connectivity index is 3.26. The maximum absolute atomic E-state index is 12.6. The van der Waals surface area contributed by atoms with Crippen LogP contribution in [0, 0.1) is 0 Å². The van der Waals surface area contributed by atoms with Gasteiger partial charge in [0.15, 0.2) is 0 Å². The molecule has 0 amide bonds. The largest absolute Gasteiger partial charge is 0.383 e. The van der Waals surface area contributed by atoms with Gasteiger partial charge in [-0.15, -0.1) is 0 Å². The third-order valence-electron chi connectivity index (χ3n) is 2.44. The summed E-state index contributed by atoms with van der Waals surface area (Å²) in [7, 11) is -2.26. The molecule has 0 fully saturated rings. The third-order valence-corrected chi connectivity index (χ3v) is 6.07. The number of benzene rings is 1. The molecule has 0 N–H and O–H groups in total. The first-order valence-corrected chi connectivity index (χ1v) is 9.65. The predicted molar refractivity (Wildman–Crippen MR) is 88.6 cm³/mol. The lowest BCUT2D eigenvalue weighted by atomic mass is 10.4. The van der Waals surface area contributed by atoms with Crippen molar-refractivity contribution in [2.75, 3.05) is 32.1 Å². The summed E-state index contributed by atoms with van der Waals surface area (Å²) in [6, 6.07) is 3.01. The number of nitrogens with zero attached hydrogens (tertiary/aromatic N) is 1. The molecule has 0 aliphatic carbocycles. The highest BCUT2D eigenvalue weighted by atomic mass is 79.9. The summed E-state index contributed by atoms with van der Waals surface area (Å²) >= 11 is 18.5. The highest BCUT2D eigenvalue weighted by Crippen LogP contribution is 2.34. The van der Waals surface area contributed by atoms with Crippen molar-refractivity contribution in [3.8, 4) is 0 Å². The van der Waals surface area contributed by atoms with Gasteiger partial charge in [-0.3, -0.25) is 0 Å². The Morgan fingerprint density at radius 1 is 1.25 bits per heavy atom. The van der Waals surface area contributed by atoms with Crippen LogP contribution in [-0.4, -0.2) is 44.9 Å². The van der Waals surface area contributed by atoms with E-state index in [0.29, 0.717) is 16.3 Å². The first kappa shape index (κ1) is 18.7. The SMILES string of the molecule is COCCN(CCBr)S(=O)(=O)c1c(Cl)cc(Br)cc1Cl. The summed E-state index contributed by atoms with van der Waals surface area (Å²) in [6.07, 6.45) is 0. The summed E-state index contributed by atoms with van der Waals surface area (Å²) in [4.78, 5) is -0.0823. The van der Waals surface area contributed by atoms with Gasteiger partial charge in [0.2, 0.25) is 10.0 Å². The molecule has 4 nitrogen and oxygen atoms in total. The topological polar surface area (TPSA) is 46.6 Å². The Kier molecular flexibility index (Phi) is 7.76. The summed E-state index contributed by atoms with van der Waals surface area (Å²) in [5.41, 5.74) is 0. The quantitative estimate of drug-likeness (QED) is 0.571. The zero-order valence-electron chi connectivity index (χ0n) is 10.6. The lowest BCUT2D eigenvalue weighted by Crippen LogP contribution is -2.35. The van der Waals surface area contributed by atoms with Crippen LogP contribution >= 0.6 is 55.1 Å². The Morgan fingerprint density at radius 3 is 2.25 bits per heavy atom. The molecule has 0 aliphatic rings. The fourth-order valence-corrected chi connectivity index (χ4v) is 5.52. The molecule has 9 heteroatoms. The Morgan fingerprint density at radius 2 is 1.80 bits per heavy atom. The maximum Gasteiger partial charge on any atom is 0.246 e. The second-order valence-electron chi connectivity index (χ2n) is 3.78. The van der Waals surface area contributed by atoms with E-state index in [4.69, 9.17) is 27.9 Å². The molecule has 0 saturated carbocycles. The van der Waals surface area contributed by atoms with Gasteiger partial charge in [0, 0.05) is 30.0 Å². The van der Waals surface area contributed by atoms with Crippen molar-refractivity contribution in [3.05, 3.63) is 26.7 Å². The number of methoxy groups -OCH3 is 1. The molecule has 1 rings (SSSR count). The van der Waals surface area contributed by atoms with Gasteiger partial charge < -0.3 is 4.74 Å². The Hall–Kier alpha value is 0.630. The molecule has 0 saturated heterocycles. The first-order valence-electron chi connectivity index (χ1n) is 5.54. The van der Waals surface area contributed by atoms with E-state index in [-0.39, 0.29) is 28.1 Å². The number of hydrogen-bond donors (Lipinski definition) is 0. The van der Waals surface area contributed by atoms with E-state index in [0.717, 1.165) is 0 Å². The van der Waals surface area contributed by atoms with E-state index in [9.17, 15) is 8.42 Å². The van der Waals surface area contributed by atoms with Crippen LogP contribution < -0.4 is 0 Å². The lowest BCUT2D eigenvalue weighted by Gasteiger charge is -2.22. The van der Waals surface area contributed by atoms with E-state index in [1.807, 2.05) is 0 Å². The van der Waals surface area contributed by atoms with Crippen molar-refractivity contribution >= 4 is 65.1 Å². The van der Waals surface area contributed by atoms with Gasteiger partial charge in [-0.2, -0.15) is 4.31 Å². The standard InChI is InChI=1S/C11H13Br2Cl2NO3S/c1-19-5-4-16(3-2-12)20(17,18)11-9(14)6-8(13)7-10(11)15/h6-7H,2-5H2,1H3. The van der Waals surface area contributed by atoms with Crippen LogP contribution in [0.3, 0.4) is 0 Å². The average Bonchev–Trinajstić information content (AvgIpc) is 2.32. The summed E-state index contributed by atoms with van der Waals surface area (Å²) in [5.74, 6) is 0. The molecule has 0 bridgehead atoms. The predicted octanol–water partition coefficient (Wildman–Crippen LogP) is 3.79. The van der Waals surface area contributed by atoms with Crippen LogP contribution in [0.2, 0.25) is 10.0 Å². The molecule has 0 unspecified atom stereocenters. The number of rotatable bonds is 7. The van der Waals surface area contributed by atoms with E-state index in [1.165, 1.54) is 23.5 Å². The highest BCUT2D eigenvalue weighted by Gasteiger charge is 2.29. The van der Waals surface area contributed by atoms with Crippen LogP contribution in [-0.2, 0) is 14.8 Å². The summed E-state index contributed by atoms with van der Waals surface area (Å²) in [6.45, 7) is 0.819. The van der Waals surface area contributed by atoms with Gasteiger partial charge in [-0.05, 0) is 12.1 Å². The zero-order chi connectivity index (χ0) is 15.3. The highest BCUT2D eigenvalue weighted by molar-refractivity contribution is 9.10. The van der Waals surface area contributed by atoms with Crippen molar-refractivity contribution in [1.29, 1.82) is 0 Å². The van der Waals surface area contributed by atoms with Crippen LogP contribution in [0.5, 0.6) is 0 Å². The second kappa shape index (κ2) is 8.31. The van der Waals surface area contributed by atoms with Crippen LogP contribution in [0.15, 0.2) is 21.5 Å². The van der Waals surface area contributed by atoms with E-state index in [2.05, 4.69) is 31.9 Å². The fourth-order valence-electron chi connectivity index (χ4n) is 1.54. The molecule has 1 aromatic carbocycles. The first-order chi connectivity index (χ1) is 9.34. The molecule has 0 radical (unpaired) electrons. The average molecular weight is 470 g/mol. The van der Waals surface area contributed by atoms with Crippen LogP contribution in [0.1, 0.15) is 0 Å². The third kappa shape index (κ3) is 4.56. The van der Waals surface area contributed by atoms with Gasteiger partial charge in [-0.25, -0.2) is 8.42 Å². The molecule has 0 heterocycles. The van der Waals surface area contributed by atoms with Crippen molar-refractivity contribution in [1.82, 2.24) is 4.31 Å². The maximum atomic E-state index is 12.6. The fraction of sp³-hybridized carbons (Fsp3) is 0.455. The number of ether oxygens (including phenoxy) is 1. The molecule has 0 aromatic heterocycles. The molecule has 0 spiro atoms. The second-order valence-corrected chi connectivity index (χ2v) is 8.18. The molecule has 1 aromatic rings. The van der Waals surface area contributed by atoms with Gasteiger partial charge in [0.05, 0.1) is 16.7 Å². The van der Waals surface area contributed by atoms with Crippen molar-refractivity contribution in [2.24, 2.45) is 0 Å². The van der Waals surface area contributed by atoms with Crippen LogP contribution in [0.4, 0.5) is 0 Å². The van der Waals surface area contributed by atoms with Gasteiger partial charge in [0.1, 0.15) is 4.90 Å². The molecular formula is C11H13Br2Cl2NO3S. The summed E-state index contributed by atoms with van der Waals surface area (Å²) in [5, 5.41) is 0.671. The van der Waals surface area contributed by atoms with E-state index < -0.39 is 10.0 Å². The van der Waals surface area contributed by atoms with E-state index >= 15 is 0 Å². The summed E-state index contributed by atoms with van der Waals surface area (Å²) < 4.78 is 32.1. The van der Waals surface area contributed by atoms with Gasteiger partial charge in [0.25, 0.3) is 0 Å². The number of hydrogen-bond acceptors (Lipinski definition) is 3. The molecular weight excluding hydrogens is 457 g/mol. The minimum absolute atomic E-state index is 0.0823. The van der Waals surface area contributed by atoms with Crippen molar-refractivity contribution < 1.29 is 13.2 Å². The van der Waals surface area contributed by atoms with Gasteiger partial charge in [-0.1, -0.05) is 55.1 Å². The molecule has 0 aliphatic heterocycles. The van der Waals surface area contributed by atoms with Crippen LogP contribution in [0.25, 0.3) is 0 Å². The Labute approximate surface area is 145 Å². The van der Waals surface area contributed by atoms with Gasteiger partial charge >= 0.3 is 0 Å². The molecule has 0 atom stereocenters. The monoisotopic (exact) mass is 467 g/mol. The lowest BCUT2D eigenvalue weighted by molar-refractivity contribution is 0.181. The smallest absolute Gasteiger partial charge is 0.246 e. The molecule has 114 valence electrons. The van der Waals surface area contributed by atoms with Crippen molar-refractivity contribution in [3.63, 3.8) is 0 Å². The molecule has 20 heavy (non-hydrogen) atoms. The number of halogens is 4.